The van der Waals surface area contributed by atoms with Gasteiger partial charge >= 0.3 is 0 Å². The smallest absolute Gasteiger partial charge is 0.263 e. The molecule has 1 saturated heterocycles. The van der Waals surface area contributed by atoms with Crippen molar-refractivity contribution in [3.63, 3.8) is 0 Å². The summed E-state index contributed by atoms with van der Waals surface area (Å²) in [7, 11) is -4.02. The summed E-state index contributed by atoms with van der Waals surface area (Å²) in [6.45, 7) is 12.1. The number of amidine groups is 1. The van der Waals surface area contributed by atoms with Gasteiger partial charge in [0.05, 0.1) is 24.6 Å². The molecule has 6 rings (SSSR count). The Bertz CT molecular complexity index is 1870. The quantitative estimate of drug-likeness (QED) is 0.235. The van der Waals surface area contributed by atoms with E-state index in [-0.39, 0.29) is 40.5 Å². The number of aryl methyl sites for hydroxylation is 1. The molecule has 50 heavy (non-hydrogen) atoms. The average molecular weight is 704 g/mol. The Morgan fingerprint density at radius 2 is 1.86 bits per heavy atom. The lowest BCUT2D eigenvalue weighted by molar-refractivity contribution is -0.141. The van der Waals surface area contributed by atoms with Gasteiger partial charge in [-0.25, -0.2) is 8.42 Å². The molecule has 1 N–H and O–H groups in total. The SMILES string of the molecule is CCOCc1cc(CN2C(=O)C3(CCCN(C(=O)C4CCCC4)C3)N=C2CC(C)(C)C)ccc1-c1ccccc1S(=O)(=O)Nc1nocc1C. The minimum absolute atomic E-state index is 0.0539. The van der Waals surface area contributed by atoms with Crippen LogP contribution in [-0.4, -0.2) is 66.3 Å². The first kappa shape index (κ1) is 35.8. The number of amides is 2. The van der Waals surface area contributed by atoms with Crippen LogP contribution in [0.4, 0.5) is 5.82 Å². The number of anilines is 1. The average Bonchev–Trinajstić information content (AvgIpc) is 3.81. The molecule has 0 radical (unpaired) electrons. The summed E-state index contributed by atoms with van der Waals surface area (Å²) in [5.41, 5.74) is 2.39. The fourth-order valence-electron chi connectivity index (χ4n) is 7.43. The van der Waals surface area contributed by atoms with Gasteiger partial charge < -0.3 is 14.2 Å². The summed E-state index contributed by atoms with van der Waals surface area (Å²) in [4.78, 5) is 37.0. The Morgan fingerprint density at radius 1 is 1.10 bits per heavy atom. The predicted molar refractivity (Wildman–Crippen MR) is 192 cm³/mol. The summed E-state index contributed by atoms with van der Waals surface area (Å²) in [6.07, 6.45) is 7.38. The van der Waals surface area contributed by atoms with E-state index in [1.807, 2.05) is 34.9 Å². The molecule has 1 aromatic heterocycles. The molecule has 1 spiro atoms. The molecule has 12 heteroatoms. The van der Waals surface area contributed by atoms with E-state index in [0.717, 1.165) is 49.1 Å². The number of nitrogens with one attached hydrogen (secondary N) is 1. The molecule has 11 nitrogen and oxygen atoms in total. The van der Waals surface area contributed by atoms with Gasteiger partial charge in [-0.05, 0) is 67.7 Å². The van der Waals surface area contributed by atoms with Crippen molar-refractivity contribution in [3.05, 3.63) is 65.4 Å². The predicted octanol–water partition coefficient (Wildman–Crippen LogP) is 6.72. The zero-order valence-electron chi connectivity index (χ0n) is 29.8. The number of ether oxygens (including phenoxy) is 1. The Hall–Kier alpha value is -4.03. The van der Waals surface area contributed by atoms with Crippen LogP contribution in [0.1, 0.15) is 89.3 Å². The van der Waals surface area contributed by atoms with Crippen LogP contribution in [0, 0.1) is 18.3 Å². The third-order valence-electron chi connectivity index (χ3n) is 9.89. The molecular weight excluding hydrogens is 655 g/mol. The van der Waals surface area contributed by atoms with Crippen molar-refractivity contribution in [3.8, 4) is 11.1 Å². The van der Waals surface area contributed by atoms with Gasteiger partial charge in [-0.1, -0.05) is 75.2 Å². The summed E-state index contributed by atoms with van der Waals surface area (Å²) in [6, 6.07) is 12.7. The largest absolute Gasteiger partial charge is 0.377 e. The highest BCUT2D eigenvalue weighted by molar-refractivity contribution is 7.92. The van der Waals surface area contributed by atoms with E-state index in [2.05, 4.69) is 30.6 Å². The van der Waals surface area contributed by atoms with Gasteiger partial charge in [0.2, 0.25) is 5.91 Å². The van der Waals surface area contributed by atoms with E-state index in [1.165, 1.54) is 6.26 Å². The maximum atomic E-state index is 14.5. The zero-order valence-corrected chi connectivity index (χ0v) is 30.6. The van der Waals surface area contributed by atoms with Gasteiger partial charge in [0.1, 0.15) is 12.1 Å². The number of sulfonamides is 1. The molecule has 1 atom stereocenters. The highest BCUT2D eigenvalue weighted by atomic mass is 32.2. The third-order valence-corrected chi connectivity index (χ3v) is 11.3. The van der Waals surface area contributed by atoms with Gasteiger partial charge in [-0.15, -0.1) is 0 Å². The van der Waals surface area contributed by atoms with Crippen molar-refractivity contribution in [2.24, 2.45) is 16.3 Å². The molecule has 3 heterocycles. The van der Waals surface area contributed by atoms with Crippen molar-refractivity contribution in [1.82, 2.24) is 15.0 Å². The number of carbonyl (C=O) groups excluding carboxylic acids is 2. The number of rotatable bonds is 11. The number of benzene rings is 2. The number of aliphatic imine (C=N–C) groups is 1. The number of hydrogen-bond acceptors (Lipinski definition) is 8. The normalized spacial score (nSPS) is 20.2. The van der Waals surface area contributed by atoms with Gasteiger partial charge in [-0.3, -0.25) is 24.2 Å². The number of piperidine rings is 1. The zero-order chi connectivity index (χ0) is 35.7. The van der Waals surface area contributed by atoms with Crippen molar-refractivity contribution in [2.75, 3.05) is 24.4 Å². The number of nitrogens with zero attached hydrogens (tertiary/aromatic N) is 4. The van der Waals surface area contributed by atoms with Gasteiger partial charge in [0.15, 0.2) is 11.4 Å². The van der Waals surface area contributed by atoms with Crippen LogP contribution in [0.15, 0.2) is 63.1 Å². The molecule has 1 aliphatic carbocycles. The molecule has 268 valence electrons. The highest BCUT2D eigenvalue weighted by Crippen LogP contribution is 2.39. The lowest BCUT2D eigenvalue weighted by Crippen LogP contribution is -2.55. The second-order valence-corrected chi connectivity index (χ2v) is 16.8. The lowest BCUT2D eigenvalue weighted by Gasteiger charge is -2.38. The van der Waals surface area contributed by atoms with E-state index in [9.17, 15) is 18.0 Å². The summed E-state index contributed by atoms with van der Waals surface area (Å²) in [5, 5.41) is 3.80. The summed E-state index contributed by atoms with van der Waals surface area (Å²) >= 11 is 0. The first-order valence-corrected chi connectivity index (χ1v) is 19.2. The van der Waals surface area contributed by atoms with E-state index >= 15 is 0 Å². The minimum Gasteiger partial charge on any atom is -0.377 e. The molecule has 1 unspecified atom stereocenters. The van der Waals surface area contributed by atoms with Crippen LogP contribution in [0.3, 0.4) is 0 Å². The lowest BCUT2D eigenvalue weighted by atomic mass is 9.88. The number of hydrogen-bond donors (Lipinski definition) is 1. The molecule has 2 aromatic carbocycles. The second-order valence-electron chi connectivity index (χ2n) is 15.1. The van der Waals surface area contributed by atoms with Gasteiger partial charge in [0.25, 0.3) is 15.9 Å². The van der Waals surface area contributed by atoms with Crippen molar-refractivity contribution >= 4 is 33.5 Å². The molecular formula is C38H49N5O6S. The van der Waals surface area contributed by atoms with Crippen LogP contribution in [-0.2, 0) is 37.5 Å². The molecule has 1 saturated carbocycles. The molecule has 3 aliphatic rings. The molecule has 0 bridgehead atoms. The van der Waals surface area contributed by atoms with E-state index < -0.39 is 15.6 Å². The Kier molecular flexibility index (Phi) is 10.2. The van der Waals surface area contributed by atoms with E-state index in [1.54, 1.807) is 31.2 Å². The first-order chi connectivity index (χ1) is 23.8. The maximum Gasteiger partial charge on any atom is 0.263 e. The molecule has 3 aromatic rings. The number of carbonyl (C=O) groups is 2. The highest BCUT2D eigenvalue weighted by Gasteiger charge is 2.52. The molecule has 2 aliphatic heterocycles. The van der Waals surface area contributed by atoms with Crippen LogP contribution in [0.5, 0.6) is 0 Å². The van der Waals surface area contributed by atoms with Crippen molar-refractivity contribution < 1.29 is 27.3 Å². The Balaban J connectivity index is 1.31. The topological polar surface area (TPSA) is 134 Å². The summed E-state index contributed by atoms with van der Waals surface area (Å²) < 4.78 is 40.6. The van der Waals surface area contributed by atoms with Crippen molar-refractivity contribution in [2.45, 2.75) is 103 Å². The van der Waals surface area contributed by atoms with Crippen LogP contribution in [0.25, 0.3) is 11.1 Å². The van der Waals surface area contributed by atoms with Gasteiger partial charge in [0, 0.05) is 36.6 Å². The fraction of sp³-hybridized carbons (Fsp3) is 0.526. The molecule has 2 amide bonds. The van der Waals surface area contributed by atoms with Crippen LogP contribution in [0.2, 0.25) is 0 Å². The number of aromatic nitrogens is 1. The second kappa shape index (κ2) is 14.3. The Morgan fingerprint density at radius 3 is 2.56 bits per heavy atom. The van der Waals surface area contributed by atoms with Crippen molar-refractivity contribution in [1.29, 1.82) is 0 Å². The first-order valence-electron chi connectivity index (χ1n) is 17.7. The fourth-order valence-corrected chi connectivity index (χ4v) is 8.72. The standard InChI is InChI=1S/C38H49N5O6S/c1-6-48-24-29-20-27(16-17-30(29)31-14-9-10-15-32(31)50(46,47)41-34-26(2)23-49-40-34)22-43-33(21-37(3,4)5)39-38(36(43)45)18-11-19-42(25-38)35(44)28-12-7-8-13-28/h9-10,14-17,20,23,28H,6-8,11-13,18-19,21-22,24-25H2,1-5H3,(H,40,41). The maximum absolute atomic E-state index is 14.5. The number of likely N-dealkylation sites (tertiary alicyclic amines) is 1. The third kappa shape index (κ3) is 7.51. The molecule has 2 fully saturated rings. The monoisotopic (exact) mass is 703 g/mol. The minimum atomic E-state index is -4.02. The van der Waals surface area contributed by atoms with Crippen LogP contribution < -0.4 is 4.72 Å². The van der Waals surface area contributed by atoms with Crippen LogP contribution >= 0.6 is 0 Å². The van der Waals surface area contributed by atoms with E-state index in [0.29, 0.717) is 55.8 Å². The summed E-state index contributed by atoms with van der Waals surface area (Å²) in [5.74, 6) is 1.06. The van der Waals surface area contributed by atoms with Gasteiger partial charge in [-0.2, -0.15) is 0 Å². The Labute approximate surface area is 295 Å². The van der Waals surface area contributed by atoms with E-state index in [4.69, 9.17) is 14.3 Å².